The van der Waals surface area contributed by atoms with Crippen LogP contribution in [0.4, 0.5) is 4.39 Å². The quantitative estimate of drug-likeness (QED) is 0.888. The van der Waals surface area contributed by atoms with Crippen molar-refractivity contribution >= 4 is 0 Å². The lowest BCUT2D eigenvalue weighted by molar-refractivity contribution is 0.130. The van der Waals surface area contributed by atoms with Crippen molar-refractivity contribution in [3.05, 3.63) is 71.0 Å². The summed E-state index contributed by atoms with van der Waals surface area (Å²) in [4.78, 5) is 0. The Labute approximate surface area is 130 Å². The van der Waals surface area contributed by atoms with Crippen LogP contribution in [-0.4, -0.2) is 11.1 Å². The molecule has 0 heterocycles. The molecule has 2 aromatic carbocycles. The van der Waals surface area contributed by atoms with Crippen molar-refractivity contribution in [2.45, 2.75) is 32.0 Å². The van der Waals surface area contributed by atoms with Gasteiger partial charge in [0.05, 0.1) is 17.7 Å². The molecule has 2 N–H and O–H groups in total. The minimum Gasteiger partial charge on any atom is -0.387 e. The summed E-state index contributed by atoms with van der Waals surface area (Å²) >= 11 is 0. The van der Waals surface area contributed by atoms with Crippen LogP contribution in [0, 0.1) is 17.1 Å². The summed E-state index contributed by atoms with van der Waals surface area (Å²) in [6.45, 7) is 3.85. The van der Waals surface area contributed by atoms with Gasteiger partial charge in [0.2, 0.25) is 0 Å². The molecule has 2 aromatic rings. The molecule has 0 bridgehead atoms. The highest BCUT2D eigenvalue weighted by molar-refractivity contribution is 5.34. The third-order valence-electron chi connectivity index (χ3n) is 3.71. The Morgan fingerprint density at radius 1 is 1.09 bits per heavy atom. The summed E-state index contributed by atoms with van der Waals surface area (Å²) in [5.41, 5.74) is 2.26. The van der Waals surface area contributed by atoms with Gasteiger partial charge in [-0.3, -0.25) is 0 Å². The van der Waals surface area contributed by atoms with Crippen LogP contribution in [0.3, 0.4) is 0 Å². The van der Waals surface area contributed by atoms with Gasteiger partial charge >= 0.3 is 0 Å². The minimum atomic E-state index is -0.734. The van der Waals surface area contributed by atoms with E-state index >= 15 is 0 Å². The smallest absolute Gasteiger partial charge is 0.123 e. The van der Waals surface area contributed by atoms with E-state index in [-0.39, 0.29) is 17.9 Å². The Balaban J connectivity index is 2.05. The molecule has 0 aliphatic rings. The van der Waals surface area contributed by atoms with Gasteiger partial charge in [-0.1, -0.05) is 24.3 Å². The maximum absolute atomic E-state index is 12.9. The van der Waals surface area contributed by atoms with Crippen LogP contribution in [0.5, 0.6) is 0 Å². The van der Waals surface area contributed by atoms with Gasteiger partial charge in [-0.2, -0.15) is 5.26 Å². The van der Waals surface area contributed by atoms with Crippen LogP contribution in [0.15, 0.2) is 48.5 Å². The molecule has 3 unspecified atom stereocenters. The highest BCUT2D eigenvalue weighted by atomic mass is 19.1. The maximum atomic E-state index is 12.9. The van der Waals surface area contributed by atoms with E-state index in [1.807, 2.05) is 32.0 Å². The average molecular weight is 298 g/mol. The maximum Gasteiger partial charge on any atom is 0.123 e. The van der Waals surface area contributed by atoms with Crippen LogP contribution in [0.2, 0.25) is 0 Å². The zero-order chi connectivity index (χ0) is 16.1. The van der Waals surface area contributed by atoms with Gasteiger partial charge < -0.3 is 10.4 Å². The van der Waals surface area contributed by atoms with E-state index in [9.17, 15) is 9.50 Å². The lowest BCUT2D eigenvalue weighted by Gasteiger charge is -2.25. The largest absolute Gasteiger partial charge is 0.387 e. The molecule has 0 aromatic heterocycles. The summed E-state index contributed by atoms with van der Waals surface area (Å²) in [5, 5.41) is 22.6. The van der Waals surface area contributed by atoms with Crippen LogP contribution in [0.1, 0.15) is 42.7 Å². The highest BCUT2D eigenvalue weighted by Gasteiger charge is 2.19. The normalized spacial score (nSPS) is 14.9. The van der Waals surface area contributed by atoms with Gasteiger partial charge in [0.25, 0.3) is 0 Å². The highest BCUT2D eigenvalue weighted by Crippen LogP contribution is 2.21. The molecule has 0 saturated carbocycles. The monoisotopic (exact) mass is 298 g/mol. The first-order valence-corrected chi connectivity index (χ1v) is 7.21. The fourth-order valence-electron chi connectivity index (χ4n) is 2.41. The lowest BCUT2D eigenvalue weighted by atomic mass is 10.0. The first-order valence-electron chi connectivity index (χ1n) is 7.21. The summed E-state index contributed by atoms with van der Waals surface area (Å²) in [5.74, 6) is -0.321. The van der Waals surface area contributed by atoms with Crippen molar-refractivity contribution in [1.29, 1.82) is 5.26 Å². The van der Waals surface area contributed by atoms with Gasteiger partial charge in [-0.05, 0) is 49.2 Å². The SMILES string of the molecule is CC(NC(C)C(O)c1ccc(F)cc1)c1cccc(C#N)c1. The van der Waals surface area contributed by atoms with Crippen molar-refractivity contribution in [2.75, 3.05) is 0 Å². The fourth-order valence-corrected chi connectivity index (χ4v) is 2.41. The van der Waals surface area contributed by atoms with E-state index in [1.54, 1.807) is 18.2 Å². The van der Waals surface area contributed by atoms with Crippen LogP contribution >= 0.6 is 0 Å². The van der Waals surface area contributed by atoms with E-state index in [2.05, 4.69) is 11.4 Å². The number of hydrogen-bond donors (Lipinski definition) is 2. The van der Waals surface area contributed by atoms with Crippen molar-refractivity contribution in [3.8, 4) is 6.07 Å². The van der Waals surface area contributed by atoms with E-state index in [1.165, 1.54) is 12.1 Å². The summed E-state index contributed by atoms with van der Waals surface area (Å²) in [6, 6.07) is 15.1. The minimum absolute atomic E-state index is 0.0154. The topological polar surface area (TPSA) is 56.0 Å². The molecular formula is C18H19FN2O. The van der Waals surface area contributed by atoms with Crippen LogP contribution < -0.4 is 5.32 Å². The first-order chi connectivity index (χ1) is 10.5. The second-order valence-corrected chi connectivity index (χ2v) is 5.41. The van der Waals surface area contributed by atoms with E-state index in [0.717, 1.165) is 5.56 Å². The Bertz CT molecular complexity index is 664. The van der Waals surface area contributed by atoms with Crippen LogP contribution in [-0.2, 0) is 0 Å². The Hall–Kier alpha value is -2.22. The number of nitriles is 1. The van der Waals surface area contributed by atoms with E-state index in [0.29, 0.717) is 11.1 Å². The number of hydrogen-bond acceptors (Lipinski definition) is 3. The zero-order valence-corrected chi connectivity index (χ0v) is 12.6. The Morgan fingerprint density at radius 2 is 1.77 bits per heavy atom. The Kier molecular flexibility index (Phi) is 5.26. The molecule has 2 rings (SSSR count). The summed E-state index contributed by atoms with van der Waals surface area (Å²) in [7, 11) is 0. The zero-order valence-electron chi connectivity index (χ0n) is 12.6. The summed E-state index contributed by atoms with van der Waals surface area (Å²) < 4.78 is 12.9. The number of aliphatic hydroxyl groups excluding tert-OH is 1. The fraction of sp³-hybridized carbons (Fsp3) is 0.278. The molecule has 0 aliphatic heterocycles. The average Bonchev–Trinajstić information content (AvgIpc) is 2.54. The van der Waals surface area contributed by atoms with Crippen molar-refractivity contribution in [1.82, 2.24) is 5.32 Å². The molecule has 3 nitrogen and oxygen atoms in total. The molecule has 22 heavy (non-hydrogen) atoms. The molecule has 4 heteroatoms. The van der Waals surface area contributed by atoms with Gasteiger partial charge in [0, 0.05) is 12.1 Å². The molecule has 0 radical (unpaired) electrons. The van der Waals surface area contributed by atoms with Gasteiger partial charge in [-0.25, -0.2) is 4.39 Å². The van der Waals surface area contributed by atoms with E-state index < -0.39 is 6.10 Å². The molecule has 0 fully saturated rings. The molecule has 0 spiro atoms. The summed E-state index contributed by atoms with van der Waals surface area (Å²) in [6.07, 6.45) is -0.734. The van der Waals surface area contributed by atoms with Crippen LogP contribution in [0.25, 0.3) is 0 Å². The molecular weight excluding hydrogens is 279 g/mol. The third kappa shape index (κ3) is 3.91. The Morgan fingerprint density at radius 3 is 2.41 bits per heavy atom. The van der Waals surface area contributed by atoms with E-state index in [4.69, 9.17) is 5.26 Å². The van der Waals surface area contributed by atoms with Crippen molar-refractivity contribution in [3.63, 3.8) is 0 Å². The standard InChI is InChI=1S/C18H19FN2O/c1-12(16-5-3-4-14(10-16)11-20)21-13(2)18(22)15-6-8-17(19)9-7-15/h3-10,12-13,18,21-22H,1-2H3. The molecule has 3 atom stereocenters. The number of aliphatic hydroxyl groups is 1. The molecule has 0 amide bonds. The first kappa shape index (κ1) is 16.2. The predicted molar refractivity (Wildman–Crippen MR) is 83.5 cm³/mol. The van der Waals surface area contributed by atoms with Gasteiger partial charge in [0.15, 0.2) is 0 Å². The number of rotatable bonds is 5. The molecule has 114 valence electrons. The number of benzene rings is 2. The second-order valence-electron chi connectivity index (χ2n) is 5.41. The van der Waals surface area contributed by atoms with Crippen molar-refractivity contribution in [2.24, 2.45) is 0 Å². The van der Waals surface area contributed by atoms with Gasteiger partial charge in [-0.15, -0.1) is 0 Å². The second kappa shape index (κ2) is 7.17. The third-order valence-corrected chi connectivity index (χ3v) is 3.71. The van der Waals surface area contributed by atoms with Gasteiger partial charge in [0.1, 0.15) is 5.82 Å². The predicted octanol–water partition coefficient (Wildman–Crippen LogP) is 3.47. The number of nitrogens with one attached hydrogen (secondary N) is 1. The molecule has 0 saturated heterocycles. The van der Waals surface area contributed by atoms with Crippen molar-refractivity contribution < 1.29 is 9.50 Å². The number of nitrogens with zero attached hydrogens (tertiary/aromatic N) is 1. The number of halogens is 1. The molecule has 0 aliphatic carbocycles. The lowest BCUT2D eigenvalue weighted by Crippen LogP contribution is -2.34.